The van der Waals surface area contributed by atoms with Crippen LogP contribution in [0.2, 0.25) is 0 Å². The highest BCUT2D eigenvalue weighted by atomic mass is 16.3. The molecule has 1 unspecified atom stereocenters. The van der Waals surface area contributed by atoms with Crippen LogP contribution in [0, 0.1) is 5.92 Å². The lowest BCUT2D eigenvalue weighted by molar-refractivity contribution is -0.0253. The first-order valence-electron chi connectivity index (χ1n) is 8.05. The zero-order valence-corrected chi connectivity index (χ0v) is 12.9. The number of hydrogen-bond acceptors (Lipinski definition) is 1. The Morgan fingerprint density at radius 2 is 1.65 bits per heavy atom. The van der Waals surface area contributed by atoms with Gasteiger partial charge in [-0.1, -0.05) is 38.8 Å². The van der Waals surface area contributed by atoms with E-state index >= 15 is 0 Å². The van der Waals surface area contributed by atoms with Crippen LogP contribution in [-0.4, -0.2) is 15.8 Å². The molecule has 0 heterocycles. The molecular formula is C18H29O2+. The Balaban J connectivity index is 2.21. The maximum absolute atomic E-state index is 9.48. The average Bonchev–Trinajstić information content (AvgIpc) is 2.41. The minimum absolute atomic E-state index is 0.301. The number of aromatic hydroxyl groups is 1. The van der Waals surface area contributed by atoms with Gasteiger partial charge in [0.1, 0.15) is 5.75 Å². The van der Waals surface area contributed by atoms with E-state index in [1.54, 1.807) is 12.1 Å². The summed E-state index contributed by atoms with van der Waals surface area (Å²) in [5, 5.41) is 18.4. The summed E-state index contributed by atoms with van der Waals surface area (Å²) in [4.78, 5) is 0. The lowest BCUT2D eigenvalue weighted by atomic mass is 9.70. The van der Waals surface area contributed by atoms with E-state index in [1.165, 1.54) is 31.2 Å². The summed E-state index contributed by atoms with van der Waals surface area (Å²) in [5.41, 5.74) is 0.935. The highest BCUT2D eigenvalue weighted by molar-refractivity contribution is 5.30. The molecule has 1 aliphatic rings. The van der Waals surface area contributed by atoms with Gasteiger partial charge in [-0.2, -0.15) is 0 Å². The largest absolute Gasteiger partial charge is 0.508 e. The second kappa shape index (κ2) is 6.62. The second-order valence-electron chi connectivity index (χ2n) is 6.83. The lowest BCUT2D eigenvalue weighted by Gasteiger charge is -2.36. The number of benzene rings is 1. The third kappa shape index (κ3) is 3.76. The quantitative estimate of drug-likeness (QED) is 0.799. The molecule has 1 atom stereocenters. The van der Waals surface area contributed by atoms with Crippen molar-refractivity contribution in [2.45, 2.75) is 70.3 Å². The van der Waals surface area contributed by atoms with Crippen molar-refractivity contribution >= 4 is 0 Å². The van der Waals surface area contributed by atoms with E-state index < -0.39 is 0 Å². The van der Waals surface area contributed by atoms with Crippen molar-refractivity contribution < 1.29 is 10.2 Å². The van der Waals surface area contributed by atoms with Gasteiger partial charge in [0.25, 0.3) is 0 Å². The summed E-state index contributed by atoms with van der Waals surface area (Å²) >= 11 is 0. The molecule has 0 radical (unpaired) electrons. The first-order valence-corrected chi connectivity index (χ1v) is 8.05. The van der Waals surface area contributed by atoms with Crippen LogP contribution in [0.15, 0.2) is 24.3 Å². The van der Waals surface area contributed by atoms with Crippen molar-refractivity contribution in [3.8, 4) is 5.75 Å². The zero-order valence-electron chi connectivity index (χ0n) is 12.9. The van der Waals surface area contributed by atoms with Crippen molar-refractivity contribution in [2.75, 3.05) is 0 Å². The van der Waals surface area contributed by atoms with E-state index in [1.807, 2.05) is 12.1 Å². The predicted octanol–water partition coefficient (Wildman–Crippen LogP) is 4.34. The first kappa shape index (κ1) is 15.4. The minimum Gasteiger partial charge on any atom is -0.508 e. The van der Waals surface area contributed by atoms with Crippen molar-refractivity contribution in [1.29, 1.82) is 0 Å². The van der Waals surface area contributed by atoms with Crippen LogP contribution in [0.4, 0.5) is 0 Å². The topological polar surface area (TPSA) is 43.1 Å². The molecule has 112 valence electrons. The van der Waals surface area contributed by atoms with Crippen LogP contribution in [-0.2, 0) is 0 Å². The van der Waals surface area contributed by atoms with E-state index in [4.69, 9.17) is 5.11 Å². The van der Waals surface area contributed by atoms with Crippen LogP contribution in [0.25, 0.3) is 0 Å². The summed E-state index contributed by atoms with van der Waals surface area (Å²) in [7, 11) is 0. The van der Waals surface area contributed by atoms with E-state index in [-0.39, 0.29) is 5.60 Å². The average molecular weight is 277 g/mol. The SMILES string of the molecule is CC(C)CCC(c1ccc(O)cc1)C1([OH2+])CCCCC1. The molecule has 1 aromatic rings. The highest BCUT2D eigenvalue weighted by Gasteiger charge is 2.42. The standard InChI is InChI=1S/C18H28O2/c1-14(2)6-11-17(15-7-9-16(19)10-8-15)18(20)12-4-3-5-13-18/h7-10,14,17,19-20H,3-6,11-13H2,1-2H3/p+1. The maximum atomic E-state index is 9.48. The van der Waals surface area contributed by atoms with Gasteiger partial charge in [-0.3, -0.25) is 0 Å². The van der Waals surface area contributed by atoms with E-state index in [0.29, 0.717) is 17.6 Å². The molecule has 2 nitrogen and oxygen atoms in total. The van der Waals surface area contributed by atoms with Crippen LogP contribution < -0.4 is 0 Å². The van der Waals surface area contributed by atoms with Gasteiger partial charge in [0.15, 0.2) is 5.60 Å². The molecule has 0 bridgehead atoms. The smallest absolute Gasteiger partial charge is 0.170 e. The molecule has 1 fully saturated rings. The second-order valence-corrected chi connectivity index (χ2v) is 6.83. The van der Waals surface area contributed by atoms with E-state index in [9.17, 15) is 5.11 Å². The summed E-state index contributed by atoms with van der Waals surface area (Å²) in [5.74, 6) is 1.31. The van der Waals surface area contributed by atoms with Gasteiger partial charge >= 0.3 is 0 Å². The van der Waals surface area contributed by atoms with Crippen LogP contribution in [0.1, 0.15) is 70.3 Å². The molecule has 2 rings (SSSR count). The third-order valence-electron chi connectivity index (χ3n) is 4.74. The number of phenols is 1. The monoisotopic (exact) mass is 277 g/mol. The van der Waals surface area contributed by atoms with Crippen molar-refractivity contribution in [3.63, 3.8) is 0 Å². The number of hydrogen-bond donors (Lipinski definition) is 1. The maximum Gasteiger partial charge on any atom is 0.170 e. The molecule has 1 saturated carbocycles. The Labute approximate surface area is 122 Å². The Hall–Kier alpha value is -1.02. The number of phenolic OH excluding ortho intramolecular Hbond substituents is 1. The Morgan fingerprint density at radius 3 is 2.20 bits per heavy atom. The van der Waals surface area contributed by atoms with Gasteiger partial charge in [0, 0.05) is 12.8 Å². The van der Waals surface area contributed by atoms with Crippen molar-refractivity contribution in [1.82, 2.24) is 0 Å². The molecule has 1 aromatic carbocycles. The van der Waals surface area contributed by atoms with Gasteiger partial charge in [0.2, 0.25) is 0 Å². The lowest BCUT2D eigenvalue weighted by Crippen LogP contribution is -2.38. The van der Waals surface area contributed by atoms with Gasteiger partial charge in [-0.05, 0) is 42.9 Å². The fraction of sp³-hybridized carbons (Fsp3) is 0.667. The fourth-order valence-electron chi connectivity index (χ4n) is 3.50. The van der Waals surface area contributed by atoms with Gasteiger partial charge in [0.05, 0.1) is 5.92 Å². The van der Waals surface area contributed by atoms with Crippen LogP contribution in [0.5, 0.6) is 5.75 Å². The van der Waals surface area contributed by atoms with Crippen molar-refractivity contribution in [2.24, 2.45) is 5.92 Å². The molecule has 3 N–H and O–H groups in total. The molecule has 1 aliphatic carbocycles. The van der Waals surface area contributed by atoms with Gasteiger partial charge in [-0.15, -0.1) is 0 Å². The summed E-state index contributed by atoms with van der Waals surface area (Å²) in [6, 6.07) is 7.57. The predicted molar refractivity (Wildman–Crippen MR) is 84.3 cm³/mol. The minimum atomic E-state index is -0.301. The summed E-state index contributed by atoms with van der Waals surface area (Å²) < 4.78 is 0. The highest BCUT2D eigenvalue weighted by Crippen LogP contribution is 2.43. The Kier molecular flexibility index (Phi) is 5.09. The van der Waals surface area contributed by atoms with Crippen LogP contribution >= 0.6 is 0 Å². The number of rotatable bonds is 5. The zero-order chi connectivity index (χ0) is 14.6. The molecule has 2 heteroatoms. The molecule has 20 heavy (non-hydrogen) atoms. The Bertz CT molecular complexity index is 402. The molecular weight excluding hydrogens is 248 g/mol. The summed E-state index contributed by atoms with van der Waals surface area (Å²) in [6.45, 7) is 4.51. The molecule has 0 aromatic heterocycles. The first-order chi connectivity index (χ1) is 9.51. The normalized spacial score (nSPS) is 20.0. The van der Waals surface area contributed by atoms with E-state index in [2.05, 4.69) is 13.8 Å². The van der Waals surface area contributed by atoms with Crippen LogP contribution in [0.3, 0.4) is 0 Å². The van der Waals surface area contributed by atoms with Gasteiger partial charge < -0.3 is 10.2 Å². The van der Waals surface area contributed by atoms with Crippen molar-refractivity contribution in [3.05, 3.63) is 29.8 Å². The Morgan fingerprint density at radius 1 is 1.05 bits per heavy atom. The van der Waals surface area contributed by atoms with Gasteiger partial charge in [-0.25, -0.2) is 0 Å². The van der Waals surface area contributed by atoms with E-state index in [0.717, 1.165) is 19.3 Å². The summed E-state index contributed by atoms with van der Waals surface area (Å²) in [6.07, 6.45) is 7.98. The third-order valence-corrected chi connectivity index (χ3v) is 4.74. The molecule has 0 spiro atoms. The molecule has 0 amide bonds. The fourth-order valence-corrected chi connectivity index (χ4v) is 3.50. The molecule has 0 saturated heterocycles. The molecule has 0 aliphatic heterocycles.